The van der Waals surface area contributed by atoms with Crippen LogP contribution in [0, 0.1) is 6.92 Å². The Kier molecular flexibility index (Phi) is 5.22. The Morgan fingerprint density at radius 1 is 1.15 bits per heavy atom. The highest BCUT2D eigenvalue weighted by molar-refractivity contribution is 7.89. The van der Waals surface area contributed by atoms with Gasteiger partial charge in [0.15, 0.2) is 0 Å². The molecular formula is C16H25NO2S. The fraction of sp³-hybridized carbons (Fsp3) is 0.625. The summed E-state index contributed by atoms with van der Waals surface area (Å²) >= 11 is 0. The van der Waals surface area contributed by atoms with E-state index in [1.54, 1.807) is 16.4 Å². The molecule has 3 nitrogen and oxygen atoms in total. The van der Waals surface area contributed by atoms with Crippen molar-refractivity contribution in [3.8, 4) is 0 Å². The standard InChI is InChI=1S/C16H25NO2S/c1-3-7-15-8-5-4-6-13-17(15)20(18,19)16-11-9-14(2)10-12-16/h9-12,15H,3-8,13H2,1-2H3. The van der Waals surface area contributed by atoms with Crippen LogP contribution >= 0.6 is 0 Å². The molecule has 4 heteroatoms. The Hall–Kier alpha value is -0.870. The lowest BCUT2D eigenvalue weighted by Gasteiger charge is -2.29. The first-order valence-corrected chi connectivity index (χ1v) is 9.08. The summed E-state index contributed by atoms with van der Waals surface area (Å²) in [4.78, 5) is 0.436. The minimum absolute atomic E-state index is 0.175. The summed E-state index contributed by atoms with van der Waals surface area (Å²) in [5, 5.41) is 0. The molecule has 1 unspecified atom stereocenters. The summed E-state index contributed by atoms with van der Waals surface area (Å²) in [5.41, 5.74) is 1.09. The van der Waals surface area contributed by atoms with Crippen LogP contribution in [-0.2, 0) is 10.0 Å². The summed E-state index contributed by atoms with van der Waals surface area (Å²) in [7, 11) is -3.34. The molecule has 0 radical (unpaired) electrons. The van der Waals surface area contributed by atoms with Crippen molar-refractivity contribution in [2.45, 2.75) is 63.3 Å². The van der Waals surface area contributed by atoms with E-state index in [1.165, 1.54) is 0 Å². The predicted molar refractivity (Wildman–Crippen MR) is 82.2 cm³/mol. The average molecular weight is 295 g/mol. The van der Waals surface area contributed by atoms with Gasteiger partial charge in [-0.3, -0.25) is 0 Å². The number of hydrogen-bond acceptors (Lipinski definition) is 2. The van der Waals surface area contributed by atoms with Gasteiger partial charge in [0.1, 0.15) is 0 Å². The van der Waals surface area contributed by atoms with Crippen molar-refractivity contribution in [3.05, 3.63) is 29.8 Å². The Labute approximate surface area is 123 Å². The van der Waals surface area contributed by atoms with E-state index in [1.807, 2.05) is 19.1 Å². The molecule has 0 spiro atoms. The van der Waals surface area contributed by atoms with Crippen molar-refractivity contribution in [3.63, 3.8) is 0 Å². The summed E-state index contributed by atoms with van der Waals surface area (Å²) in [5.74, 6) is 0. The number of hydrogen-bond donors (Lipinski definition) is 0. The first-order chi connectivity index (χ1) is 9.55. The van der Waals surface area contributed by atoms with Gasteiger partial charge in [0.2, 0.25) is 10.0 Å². The van der Waals surface area contributed by atoms with E-state index in [0.717, 1.165) is 44.1 Å². The summed E-state index contributed by atoms with van der Waals surface area (Å²) in [6.07, 6.45) is 6.25. The summed E-state index contributed by atoms with van der Waals surface area (Å²) < 4.78 is 27.5. The molecule has 1 aliphatic rings. The van der Waals surface area contributed by atoms with Crippen molar-refractivity contribution in [2.75, 3.05) is 6.54 Å². The van der Waals surface area contributed by atoms with Crippen LogP contribution in [0.25, 0.3) is 0 Å². The van der Waals surface area contributed by atoms with Gasteiger partial charge in [-0.1, -0.05) is 43.9 Å². The number of aryl methyl sites for hydroxylation is 1. The fourth-order valence-corrected chi connectivity index (χ4v) is 4.66. The molecule has 1 saturated heterocycles. The molecule has 0 saturated carbocycles. The molecule has 1 fully saturated rings. The van der Waals surface area contributed by atoms with Gasteiger partial charge in [0.05, 0.1) is 4.90 Å². The maximum atomic E-state index is 12.9. The van der Waals surface area contributed by atoms with E-state index < -0.39 is 10.0 Å². The molecule has 1 aromatic rings. The minimum atomic E-state index is -3.34. The SMILES string of the molecule is CCCC1CCCCCN1S(=O)(=O)c1ccc(C)cc1. The number of sulfonamides is 1. The van der Waals surface area contributed by atoms with Gasteiger partial charge in [0.25, 0.3) is 0 Å². The van der Waals surface area contributed by atoms with Crippen LogP contribution in [0.5, 0.6) is 0 Å². The zero-order valence-corrected chi connectivity index (χ0v) is 13.3. The van der Waals surface area contributed by atoms with Crippen molar-refractivity contribution < 1.29 is 8.42 Å². The van der Waals surface area contributed by atoms with Crippen LogP contribution in [0.2, 0.25) is 0 Å². The third-order valence-corrected chi connectivity index (χ3v) is 6.04. The second-order valence-corrected chi connectivity index (χ2v) is 7.61. The van der Waals surface area contributed by atoms with Gasteiger partial charge in [-0.25, -0.2) is 8.42 Å². The van der Waals surface area contributed by atoms with Crippen molar-refractivity contribution >= 4 is 10.0 Å². The lowest BCUT2D eigenvalue weighted by molar-refractivity contribution is 0.305. The van der Waals surface area contributed by atoms with Gasteiger partial charge < -0.3 is 0 Å². The zero-order valence-electron chi connectivity index (χ0n) is 12.5. The van der Waals surface area contributed by atoms with Crippen LogP contribution in [0.1, 0.15) is 51.0 Å². The normalized spacial score (nSPS) is 21.6. The van der Waals surface area contributed by atoms with Crippen LogP contribution in [0.3, 0.4) is 0 Å². The molecule has 20 heavy (non-hydrogen) atoms. The van der Waals surface area contributed by atoms with Crippen LogP contribution < -0.4 is 0 Å². The van der Waals surface area contributed by atoms with E-state index in [9.17, 15) is 8.42 Å². The predicted octanol–water partition coefficient (Wildman–Crippen LogP) is 3.73. The molecule has 2 rings (SSSR count). The number of nitrogens with zero attached hydrogens (tertiary/aromatic N) is 1. The first-order valence-electron chi connectivity index (χ1n) is 7.64. The van der Waals surface area contributed by atoms with E-state index >= 15 is 0 Å². The molecule has 1 atom stereocenters. The molecule has 0 bridgehead atoms. The zero-order chi connectivity index (χ0) is 14.6. The quantitative estimate of drug-likeness (QED) is 0.849. The smallest absolute Gasteiger partial charge is 0.207 e. The third kappa shape index (κ3) is 3.41. The number of benzene rings is 1. The Balaban J connectivity index is 2.31. The van der Waals surface area contributed by atoms with E-state index in [4.69, 9.17) is 0 Å². The highest BCUT2D eigenvalue weighted by Crippen LogP contribution is 2.27. The van der Waals surface area contributed by atoms with Gasteiger partial charge >= 0.3 is 0 Å². The van der Waals surface area contributed by atoms with Crippen molar-refractivity contribution in [1.82, 2.24) is 4.31 Å². The third-order valence-electron chi connectivity index (χ3n) is 4.07. The maximum absolute atomic E-state index is 12.9. The Morgan fingerprint density at radius 2 is 1.85 bits per heavy atom. The Morgan fingerprint density at radius 3 is 2.50 bits per heavy atom. The average Bonchev–Trinajstić information content (AvgIpc) is 2.65. The molecule has 0 N–H and O–H groups in total. The van der Waals surface area contributed by atoms with Crippen molar-refractivity contribution in [2.24, 2.45) is 0 Å². The van der Waals surface area contributed by atoms with Gasteiger partial charge in [-0.05, 0) is 38.3 Å². The molecule has 1 aromatic carbocycles. The highest BCUT2D eigenvalue weighted by Gasteiger charge is 2.31. The Bertz CT molecular complexity index is 522. The van der Waals surface area contributed by atoms with Gasteiger partial charge in [0, 0.05) is 12.6 Å². The summed E-state index contributed by atoms with van der Waals surface area (Å²) in [6.45, 7) is 4.77. The molecule has 0 aromatic heterocycles. The maximum Gasteiger partial charge on any atom is 0.243 e. The van der Waals surface area contributed by atoms with Crippen LogP contribution in [0.4, 0.5) is 0 Å². The fourth-order valence-electron chi connectivity index (χ4n) is 2.93. The minimum Gasteiger partial charge on any atom is -0.207 e. The lowest BCUT2D eigenvalue weighted by Crippen LogP contribution is -2.39. The lowest BCUT2D eigenvalue weighted by atomic mass is 10.1. The second-order valence-electron chi connectivity index (χ2n) is 5.72. The summed E-state index contributed by atoms with van der Waals surface area (Å²) in [6, 6.07) is 7.39. The van der Waals surface area contributed by atoms with Gasteiger partial charge in [-0.15, -0.1) is 0 Å². The largest absolute Gasteiger partial charge is 0.243 e. The molecule has 112 valence electrons. The van der Waals surface area contributed by atoms with E-state index in [-0.39, 0.29) is 6.04 Å². The monoisotopic (exact) mass is 295 g/mol. The molecule has 0 aliphatic carbocycles. The van der Waals surface area contributed by atoms with E-state index in [0.29, 0.717) is 11.4 Å². The van der Waals surface area contributed by atoms with E-state index in [2.05, 4.69) is 6.92 Å². The first kappa shape index (κ1) is 15.5. The van der Waals surface area contributed by atoms with Crippen molar-refractivity contribution in [1.29, 1.82) is 0 Å². The van der Waals surface area contributed by atoms with Gasteiger partial charge in [-0.2, -0.15) is 4.31 Å². The number of rotatable bonds is 4. The molecule has 1 aliphatic heterocycles. The molecule has 1 heterocycles. The highest BCUT2D eigenvalue weighted by atomic mass is 32.2. The second kappa shape index (κ2) is 6.72. The van der Waals surface area contributed by atoms with Crippen LogP contribution in [-0.4, -0.2) is 25.3 Å². The van der Waals surface area contributed by atoms with Crippen LogP contribution in [0.15, 0.2) is 29.2 Å². The molecule has 0 amide bonds. The topological polar surface area (TPSA) is 37.4 Å². The molecular weight excluding hydrogens is 270 g/mol.